The zero-order chi connectivity index (χ0) is 16.9. The molecule has 0 radical (unpaired) electrons. The fraction of sp³-hybridized carbons (Fsp3) is 0.333. The van der Waals surface area contributed by atoms with Gasteiger partial charge in [0.05, 0.1) is 34.3 Å². The van der Waals surface area contributed by atoms with Crippen LogP contribution in [-0.2, 0) is 6.42 Å². The molecule has 0 aliphatic heterocycles. The van der Waals surface area contributed by atoms with Crippen molar-refractivity contribution in [2.45, 2.75) is 38.6 Å². The largest absolute Gasteiger partial charge is 0.381 e. The lowest BCUT2D eigenvalue weighted by atomic mass is 10.1. The molecule has 24 heavy (non-hydrogen) atoms. The number of nitrogens with zero attached hydrogens (tertiary/aromatic N) is 3. The van der Waals surface area contributed by atoms with E-state index in [2.05, 4.69) is 26.7 Å². The SMILES string of the molecule is CCCc1ncncc1C(=O)Nc1ccc(C#N)cc1NC1CC1. The summed E-state index contributed by atoms with van der Waals surface area (Å²) in [5, 5.41) is 15.4. The zero-order valence-electron chi connectivity index (χ0n) is 13.5. The van der Waals surface area contributed by atoms with Gasteiger partial charge in [0.15, 0.2) is 0 Å². The molecule has 1 fully saturated rings. The van der Waals surface area contributed by atoms with Crippen LogP contribution in [0.5, 0.6) is 0 Å². The summed E-state index contributed by atoms with van der Waals surface area (Å²) in [4.78, 5) is 20.8. The lowest BCUT2D eigenvalue weighted by Crippen LogP contribution is -2.17. The molecule has 1 heterocycles. The van der Waals surface area contributed by atoms with Gasteiger partial charge in [-0.05, 0) is 37.5 Å². The normalized spacial score (nSPS) is 13.2. The Labute approximate surface area is 140 Å². The highest BCUT2D eigenvalue weighted by Gasteiger charge is 2.23. The predicted octanol–water partition coefficient (Wildman–Crippen LogP) is 3.13. The molecular weight excluding hydrogens is 302 g/mol. The molecule has 3 rings (SSSR count). The van der Waals surface area contributed by atoms with Gasteiger partial charge in [-0.3, -0.25) is 4.79 Å². The number of anilines is 2. The van der Waals surface area contributed by atoms with Gasteiger partial charge in [0.2, 0.25) is 0 Å². The van der Waals surface area contributed by atoms with Gasteiger partial charge in [0.25, 0.3) is 5.91 Å². The number of benzene rings is 1. The van der Waals surface area contributed by atoms with E-state index in [9.17, 15) is 4.79 Å². The minimum atomic E-state index is -0.234. The molecule has 1 aliphatic rings. The van der Waals surface area contributed by atoms with Crippen molar-refractivity contribution in [1.29, 1.82) is 5.26 Å². The van der Waals surface area contributed by atoms with Crippen LogP contribution >= 0.6 is 0 Å². The minimum Gasteiger partial charge on any atom is -0.381 e. The molecule has 1 aromatic heterocycles. The van der Waals surface area contributed by atoms with Crippen LogP contribution in [0.3, 0.4) is 0 Å². The van der Waals surface area contributed by atoms with E-state index >= 15 is 0 Å². The quantitative estimate of drug-likeness (QED) is 0.853. The second kappa shape index (κ2) is 7.09. The van der Waals surface area contributed by atoms with E-state index < -0.39 is 0 Å². The van der Waals surface area contributed by atoms with Crippen molar-refractivity contribution < 1.29 is 4.79 Å². The molecule has 2 aromatic rings. The Hall–Kier alpha value is -2.94. The van der Waals surface area contributed by atoms with Crippen molar-refractivity contribution in [2.24, 2.45) is 0 Å². The molecule has 1 aliphatic carbocycles. The number of rotatable bonds is 6. The van der Waals surface area contributed by atoms with E-state index in [-0.39, 0.29) is 5.91 Å². The summed E-state index contributed by atoms with van der Waals surface area (Å²) in [6.07, 6.45) is 6.86. The van der Waals surface area contributed by atoms with Gasteiger partial charge in [-0.2, -0.15) is 5.26 Å². The molecule has 0 atom stereocenters. The summed E-state index contributed by atoms with van der Waals surface area (Å²) in [6.45, 7) is 2.04. The highest BCUT2D eigenvalue weighted by atomic mass is 16.1. The van der Waals surface area contributed by atoms with Crippen molar-refractivity contribution >= 4 is 17.3 Å². The lowest BCUT2D eigenvalue weighted by Gasteiger charge is -2.14. The van der Waals surface area contributed by atoms with Gasteiger partial charge in [0.1, 0.15) is 6.33 Å². The minimum absolute atomic E-state index is 0.234. The van der Waals surface area contributed by atoms with Crippen LogP contribution < -0.4 is 10.6 Å². The third-order valence-electron chi connectivity index (χ3n) is 3.86. The molecule has 0 bridgehead atoms. The zero-order valence-corrected chi connectivity index (χ0v) is 13.5. The van der Waals surface area contributed by atoms with Gasteiger partial charge in [-0.25, -0.2) is 9.97 Å². The second-order valence-electron chi connectivity index (χ2n) is 5.88. The maximum atomic E-state index is 12.6. The molecule has 6 nitrogen and oxygen atoms in total. The van der Waals surface area contributed by atoms with Crippen molar-refractivity contribution in [3.63, 3.8) is 0 Å². The first-order chi connectivity index (χ1) is 11.7. The standard InChI is InChI=1S/C18H19N5O/c1-2-3-15-14(10-20-11-21-15)18(24)23-16-7-4-12(9-19)8-17(16)22-13-5-6-13/h4,7-8,10-11,13,22H,2-3,5-6H2,1H3,(H,23,24). The van der Waals surface area contributed by atoms with Crippen molar-refractivity contribution in [1.82, 2.24) is 9.97 Å². The van der Waals surface area contributed by atoms with Gasteiger partial charge in [-0.1, -0.05) is 13.3 Å². The molecular formula is C18H19N5O. The molecule has 1 amide bonds. The van der Waals surface area contributed by atoms with E-state index in [1.165, 1.54) is 6.33 Å². The molecule has 0 saturated heterocycles. The second-order valence-corrected chi connectivity index (χ2v) is 5.88. The first kappa shape index (κ1) is 15.9. The van der Waals surface area contributed by atoms with E-state index in [1.807, 2.05) is 6.92 Å². The predicted molar refractivity (Wildman–Crippen MR) is 91.8 cm³/mol. The molecule has 6 heteroatoms. The van der Waals surface area contributed by atoms with Gasteiger partial charge >= 0.3 is 0 Å². The van der Waals surface area contributed by atoms with Crippen LogP contribution in [0.2, 0.25) is 0 Å². The number of hydrogen-bond donors (Lipinski definition) is 2. The molecule has 0 unspecified atom stereocenters. The van der Waals surface area contributed by atoms with E-state index in [4.69, 9.17) is 5.26 Å². The van der Waals surface area contributed by atoms with Crippen LogP contribution in [0.15, 0.2) is 30.7 Å². The van der Waals surface area contributed by atoms with E-state index in [0.717, 1.165) is 37.1 Å². The summed E-state index contributed by atoms with van der Waals surface area (Å²) in [5.74, 6) is -0.234. The third kappa shape index (κ3) is 3.69. The number of aromatic nitrogens is 2. The Morgan fingerprint density at radius 3 is 2.92 bits per heavy atom. The number of carbonyl (C=O) groups is 1. The summed E-state index contributed by atoms with van der Waals surface area (Å²) in [5.41, 5.74) is 3.23. The Morgan fingerprint density at radius 1 is 1.38 bits per heavy atom. The van der Waals surface area contributed by atoms with E-state index in [1.54, 1.807) is 24.4 Å². The fourth-order valence-electron chi connectivity index (χ4n) is 2.46. The van der Waals surface area contributed by atoms with Crippen LogP contribution in [-0.4, -0.2) is 21.9 Å². The van der Waals surface area contributed by atoms with Crippen LogP contribution in [0.4, 0.5) is 11.4 Å². The maximum absolute atomic E-state index is 12.6. The number of amides is 1. The van der Waals surface area contributed by atoms with Crippen LogP contribution in [0.1, 0.15) is 47.8 Å². The smallest absolute Gasteiger partial charge is 0.259 e. The Bertz CT molecular complexity index is 792. The molecule has 2 N–H and O–H groups in total. The topological polar surface area (TPSA) is 90.7 Å². The first-order valence-corrected chi connectivity index (χ1v) is 8.12. The highest BCUT2D eigenvalue weighted by molar-refractivity contribution is 6.06. The number of carbonyl (C=O) groups excluding carboxylic acids is 1. The Balaban J connectivity index is 1.85. The van der Waals surface area contributed by atoms with Crippen molar-refractivity contribution in [2.75, 3.05) is 10.6 Å². The summed E-state index contributed by atoms with van der Waals surface area (Å²) < 4.78 is 0. The van der Waals surface area contributed by atoms with Crippen molar-refractivity contribution in [3.05, 3.63) is 47.5 Å². The lowest BCUT2D eigenvalue weighted by molar-refractivity contribution is 0.102. The Morgan fingerprint density at radius 2 is 2.21 bits per heavy atom. The summed E-state index contributed by atoms with van der Waals surface area (Å²) >= 11 is 0. The summed E-state index contributed by atoms with van der Waals surface area (Å²) in [7, 11) is 0. The van der Waals surface area contributed by atoms with Crippen molar-refractivity contribution in [3.8, 4) is 6.07 Å². The molecule has 122 valence electrons. The van der Waals surface area contributed by atoms with Crippen LogP contribution in [0, 0.1) is 11.3 Å². The van der Waals surface area contributed by atoms with Crippen LogP contribution in [0.25, 0.3) is 0 Å². The van der Waals surface area contributed by atoms with E-state index in [0.29, 0.717) is 22.9 Å². The average Bonchev–Trinajstić information content (AvgIpc) is 3.41. The van der Waals surface area contributed by atoms with Gasteiger partial charge < -0.3 is 10.6 Å². The average molecular weight is 321 g/mol. The first-order valence-electron chi connectivity index (χ1n) is 8.12. The monoisotopic (exact) mass is 321 g/mol. The molecule has 1 aromatic carbocycles. The molecule has 1 saturated carbocycles. The number of nitriles is 1. The highest BCUT2D eigenvalue weighted by Crippen LogP contribution is 2.30. The summed E-state index contributed by atoms with van der Waals surface area (Å²) in [6, 6.07) is 7.77. The Kier molecular flexibility index (Phi) is 4.71. The number of hydrogen-bond acceptors (Lipinski definition) is 5. The maximum Gasteiger partial charge on any atom is 0.259 e. The third-order valence-corrected chi connectivity index (χ3v) is 3.86. The fourth-order valence-corrected chi connectivity index (χ4v) is 2.46. The number of nitrogens with one attached hydrogen (secondary N) is 2. The van der Waals surface area contributed by atoms with Gasteiger partial charge in [0, 0.05) is 12.2 Å². The van der Waals surface area contributed by atoms with Gasteiger partial charge in [-0.15, -0.1) is 0 Å². The molecule has 0 spiro atoms. The number of aryl methyl sites for hydroxylation is 1.